The summed E-state index contributed by atoms with van der Waals surface area (Å²) >= 11 is 1.49. The number of amides is 2. The number of hydrogen-bond acceptors (Lipinski definition) is 4. The van der Waals surface area contributed by atoms with Crippen LogP contribution in [0.25, 0.3) is 11.0 Å². The minimum absolute atomic E-state index is 0.0561. The van der Waals surface area contributed by atoms with Gasteiger partial charge in [-0.3, -0.25) is 9.59 Å². The molecule has 0 radical (unpaired) electrons. The quantitative estimate of drug-likeness (QED) is 0.515. The van der Waals surface area contributed by atoms with E-state index in [1.165, 1.54) is 31.0 Å². The van der Waals surface area contributed by atoms with E-state index in [1.54, 1.807) is 4.90 Å². The molecule has 152 valence electrons. The molecule has 1 aromatic heterocycles. The van der Waals surface area contributed by atoms with Crippen molar-refractivity contribution in [2.24, 2.45) is 11.7 Å². The molecule has 1 aromatic carbocycles. The van der Waals surface area contributed by atoms with Gasteiger partial charge in [-0.15, -0.1) is 0 Å². The maximum Gasteiger partial charge on any atom is 0.233 e. The molecular formula is C21H30N4O2S. The lowest BCUT2D eigenvalue weighted by molar-refractivity contribution is -0.132. The van der Waals surface area contributed by atoms with Crippen LogP contribution in [0.15, 0.2) is 29.4 Å². The number of nitrogens with zero attached hydrogens (tertiary/aromatic N) is 3. The standard InChI is InChI=1S/C21H30N4O2S/c1-2-3-4-7-13-25-18-11-6-5-10-17(18)23-21(25)28-15-19(26)24-12-8-9-16(14-24)20(22)27/h5-6,10-11,16H,2-4,7-9,12-15H2,1H3,(H2,22,27). The van der Waals surface area contributed by atoms with Crippen molar-refractivity contribution < 1.29 is 9.59 Å². The number of carbonyl (C=O) groups excluding carboxylic acids is 2. The number of hydrogen-bond donors (Lipinski definition) is 1. The number of aromatic nitrogens is 2. The van der Waals surface area contributed by atoms with Crippen LogP contribution >= 0.6 is 11.8 Å². The van der Waals surface area contributed by atoms with Crippen LogP contribution in [-0.2, 0) is 16.1 Å². The van der Waals surface area contributed by atoms with Gasteiger partial charge in [-0.05, 0) is 31.4 Å². The van der Waals surface area contributed by atoms with Gasteiger partial charge in [0, 0.05) is 19.6 Å². The first-order valence-electron chi connectivity index (χ1n) is 10.2. The fourth-order valence-corrected chi connectivity index (χ4v) is 4.67. The van der Waals surface area contributed by atoms with Crippen LogP contribution in [0.5, 0.6) is 0 Å². The Balaban J connectivity index is 1.66. The van der Waals surface area contributed by atoms with Gasteiger partial charge in [-0.25, -0.2) is 4.98 Å². The zero-order valence-corrected chi connectivity index (χ0v) is 17.4. The summed E-state index contributed by atoms with van der Waals surface area (Å²) in [4.78, 5) is 30.7. The minimum atomic E-state index is -0.306. The highest BCUT2D eigenvalue weighted by molar-refractivity contribution is 7.99. The van der Waals surface area contributed by atoms with Crippen molar-refractivity contribution in [3.8, 4) is 0 Å². The van der Waals surface area contributed by atoms with Gasteiger partial charge >= 0.3 is 0 Å². The molecule has 2 heterocycles. The van der Waals surface area contributed by atoms with Gasteiger partial charge in [0.25, 0.3) is 0 Å². The van der Waals surface area contributed by atoms with Gasteiger partial charge in [0.2, 0.25) is 11.8 Å². The third-order valence-electron chi connectivity index (χ3n) is 5.36. The van der Waals surface area contributed by atoms with Crippen LogP contribution in [-0.4, -0.2) is 45.1 Å². The van der Waals surface area contributed by atoms with Crippen molar-refractivity contribution in [1.82, 2.24) is 14.5 Å². The molecule has 7 heteroatoms. The largest absolute Gasteiger partial charge is 0.369 e. The van der Waals surface area contributed by atoms with E-state index < -0.39 is 0 Å². The summed E-state index contributed by atoms with van der Waals surface area (Å²) < 4.78 is 2.24. The van der Waals surface area contributed by atoms with E-state index >= 15 is 0 Å². The zero-order chi connectivity index (χ0) is 19.9. The van der Waals surface area contributed by atoms with E-state index in [0.29, 0.717) is 18.8 Å². The highest BCUT2D eigenvalue weighted by atomic mass is 32.2. The zero-order valence-electron chi connectivity index (χ0n) is 16.6. The molecule has 28 heavy (non-hydrogen) atoms. The molecule has 1 aliphatic heterocycles. The number of aryl methyl sites for hydroxylation is 1. The SMILES string of the molecule is CCCCCCn1c(SCC(=O)N2CCCC(C(N)=O)C2)nc2ccccc21. The molecule has 6 nitrogen and oxygen atoms in total. The normalized spacial score (nSPS) is 17.2. The first-order chi connectivity index (χ1) is 13.6. The smallest absolute Gasteiger partial charge is 0.233 e. The van der Waals surface area contributed by atoms with Crippen LogP contribution in [0.4, 0.5) is 0 Å². The molecule has 3 rings (SSSR count). The topological polar surface area (TPSA) is 81.2 Å². The molecule has 2 aromatic rings. The Morgan fingerprint density at radius 1 is 1.25 bits per heavy atom. The van der Waals surface area contributed by atoms with Gasteiger partial charge in [0.1, 0.15) is 0 Å². The van der Waals surface area contributed by atoms with E-state index in [9.17, 15) is 9.59 Å². The van der Waals surface area contributed by atoms with Gasteiger partial charge < -0.3 is 15.2 Å². The Morgan fingerprint density at radius 2 is 2.07 bits per heavy atom. The number of thioether (sulfide) groups is 1. The van der Waals surface area contributed by atoms with Gasteiger partial charge in [-0.1, -0.05) is 50.1 Å². The second kappa shape index (κ2) is 9.96. The number of carbonyl (C=O) groups is 2. The third-order valence-corrected chi connectivity index (χ3v) is 6.32. The second-order valence-electron chi connectivity index (χ2n) is 7.47. The maximum absolute atomic E-state index is 12.7. The fraction of sp³-hybridized carbons (Fsp3) is 0.571. The molecule has 2 amide bonds. The summed E-state index contributed by atoms with van der Waals surface area (Å²) in [5, 5.41) is 0.898. The average molecular weight is 403 g/mol. The monoisotopic (exact) mass is 402 g/mol. The Hall–Kier alpha value is -2.02. The number of piperidine rings is 1. The molecule has 0 bridgehead atoms. The van der Waals surface area contributed by atoms with Crippen LogP contribution in [0.1, 0.15) is 45.4 Å². The van der Waals surface area contributed by atoms with E-state index in [1.807, 2.05) is 18.2 Å². The highest BCUT2D eigenvalue weighted by Gasteiger charge is 2.27. The second-order valence-corrected chi connectivity index (χ2v) is 8.41. The first kappa shape index (κ1) is 20.7. The Kier molecular flexibility index (Phi) is 7.36. The molecule has 0 spiro atoms. The fourth-order valence-electron chi connectivity index (χ4n) is 3.73. The minimum Gasteiger partial charge on any atom is -0.369 e. The van der Waals surface area contributed by atoms with Gasteiger partial charge in [-0.2, -0.15) is 0 Å². The number of imidazole rings is 1. The lowest BCUT2D eigenvalue weighted by atomic mass is 9.97. The number of para-hydroxylation sites is 2. The van der Waals surface area contributed by atoms with Gasteiger partial charge in [0.15, 0.2) is 5.16 Å². The summed E-state index contributed by atoms with van der Waals surface area (Å²) in [5.41, 5.74) is 7.53. The Bertz CT molecular complexity index is 820. The molecule has 1 fully saturated rings. The van der Waals surface area contributed by atoms with Crippen LogP contribution < -0.4 is 5.73 Å². The lowest BCUT2D eigenvalue weighted by Crippen LogP contribution is -2.44. The van der Waals surface area contributed by atoms with Crippen LogP contribution in [0, 0.1) is 5.92 Å². The van der Waals surface area contributed by atoms with Crippen molar-refractivity contribution in [3.05, 3.63) is 24.3 Å². The summed E-state index contributed by atoms with van der Waals surface area (Å²) in [6.07, 6.45) is 6.38. The van der Waals surface area contributed by atoms with E-state index in [4.69, 9.17) is 10.7 Å². The molecule has 1 aliphatic rings. The number of fused-ring (bicyclic) bond motifs is 1. The van der Waals surface area contributed by atoms with Crippen molar-refractivity contribution in [2.75, 3.05) is 18.8 Å². The molecule has 1 atom stereocenters. The molecule has 0 aliphatic carbocycles. The predicted octanol–water partition coefficient (Wildman–Crippen LogP) is 3.43. The van der Waals surface area contributed by atoms with Crippen molar-refractivity contribution in [2.45, 2.75) is 57.1 Å². The average Bonchev–Trinajstić information content (AvgIpc) is 3.07. The van der Waals surface area contributed by atoms with Crippen molar-refractivity contribution in [3.63, 3.8) is 0 Å². The van der Waals surface area contributed by atoms with E-state index in [2.05, 4.69) is 17.6 Å². The Morgan fingerprint density at radius 3 is 2.86 bits per heavy atom. The molecule has 0 saturated carbocycles. The molecule has 1 unspecified atom stereocenters. The van der Waals surface area contributed by atoms with E-state index in [-0.39, 0.29) is 17.7 Å². The van der Waals surface area contributed by atoms with E-state index in [0.717, 1.165) is 42.0 Å². The van der Waals surface area contributed by atoms with Gasteiger partial charge in [0.05, 0.1) is 22.7 Å². The Labute approximate surface area is 170 Å². The predicted molar refractivity (Wildman–Crippen MR) is 113 cm³/mol. The molecular weight excluding hydrogens is 372 g/mol. The summed E-state index contributed by atoms with van der Waals surface area (Å²) in [7, 11) is 0. The summed E-state index contributed by atoms with van der Waals surface area (Å²) in [6, 6.07) is 8.14. The highest BCUT2D eigenvalue weighted by Crippen LogP contribution is 2.26. The molecule has 1 saturated heterocycles. The summed E-state index contributed by atoms with van der Waals surface area (Å²) in [6.45, 7) is 4.28. The third kappa shape index (κ3) is 5.07. The number of primary amides is 1. The number of likely N-dealkylation sites (tertiary alicyclic amines) is 1. The summed E-state index contributed by atoms with van der Waals surface area (Å²) in [5.74, 6) is -0.130. The van der Waals surface area contributed by atoms with Crippen molar-refractivity contribution >= 4 is 34.6 Å². The number of unbranched alkanes of at least 4 members (excludes halogenated alkanes) is 3. The van der Waals surface area contributed by atoms with Crippen LogP contribution in [0.2, 0.25) is 0 Å². The maximum atomic E-state index is 12.7. The molecule has 2 N–H and O–H groups in total. The lowest BCUT2D eigenvalue weighted by Gasteiger charge is -2.31. The number of benzene rings is 1. The first-order valence-corrected chi connectivity index (χ1v) is 11.2. The van der Waals surface area contributed by atoms with Crippen LogP contribution in [0.3, 0.4) is 0 Å². The number of rotatable bonds is 9. The number of nitrogens with two attached hydrogens (primary N) is 1. The van der Waals surface area contributed by atoms with Crippen molar-refractivity contribution in [1.29, 1.82) is 0 Å².